The van der Waals surface area contributed by atoms with E-state index >= 15 is 0 Å². The van der Waals surface area contributed by atoms with E-state index in [0.29, 0.717) is 33.8 Å². The Morgan fingerprint density at radius 2 is 1.33 bits per heavy atom. The minimum atomic E-state index is -0.835. The van der Waals surface area contributed by atoms with Crippen molar-refractivity contribution >= 4 is 23.4 Å². The molecule has 1 fully saturated rings. The molecule has 3 aromatic rings. The molecular formula is C28H25NO7. The van der Waals surface area contributed by atoms with E-state index in [2.05, 4.69) is 0 Å². The van der Waals surface area contributed by atoms with Gasteiger partial charge < -0.3 is 24.2 Å². The second-order valence-electron chi connectivity index (χ2n) is 8.12. The number of likely N-dealkylation sites (tertiary alicyclic amines) is 1. The van der Waals surface area contributed by atoms with Crippen LogP contribution in [0.15, 0.2) is 78.4 Å². The lowest BCUT2D eigenvalue weighted by Crippen LogP contribution is -2.29. The largest absolute Gasteiger partial charge is 0.507 e. The van der Waals surface area contributed by atoms with Crippen LogP contribution in [0.3, 0.4) is 0 Å². The Balaban J connectivity index is 1.78. The zero-order valence-corrected chi connectivity index (χ0v) is 20.1. The molecule has 1 amide bonds. The molecule has 36 heavy (non-hydrogen) atoms. The maximum absolute atomic E-state index is 13.2. The zero-order valence-electron chi connectivity index (χ0n) is 20.1. The van der Waals surface area contributed by atoms with Crippen molar-refractivity contribution in [3.8, 4) is 11.5 Å². The molecule has 0 aromatic heterocycles. The maximum atomic E-state index is 13.2. The van der Waals surface area contributed by atoms with Crippen molar-refractivity contribution in [1.29, 1.82) is 0 Å². The predicted molar refractivity (Wildman–Crippen MR) is 132 cm³/mol. The van der Waals surface area contributed by atoms with Gasteiger partial charge in [0, 0.05) is 12.1 Å². The highest BCUT2D eigenvalue weighted by Gasteiger charge is 2.46. The van der Waals surface area contributed by atoms with Gasteiger partial charge in [0.2, 0.25) is 0 Å². The summed E-state index contributed by atoms with van der Waals surface area (Å²) < 4.78 is 15.1. The van der Waals surface area contributed by atoms with Crippen LogP contribution in [-0.2, 0) is 20.9 Å². The summed E-state index contributed by atoms with van der Waals surface area (Å²) in [5, 5.41) is 11.2. The Labute approximate surface area is 208 Å². The normalized spacial score (nSPS) is 16.6. The van der Waals surface area contributed by atoms with Gasteiger partial charge in [-0.3, -0.25) is 9.59 Å². The Kier molecular flexibility index (Phi) is 7.05. The lowest BCUT2D eigenvalue weighted by atomic mass is 9.95. The fourth-order valence-corrected chi connectivity index (χ4v) is 4.14. The van der Waals surface area contributed by atoms with Gasteiger partial charge in [-0.25, -0.2) is 4.79 Å². The quantitative estimate of drug-likeness (QED) is 0.232. The first kappa shape index (κ1) is 24.5. The molecule has 8 heteroatoms. The fraction of sp³-hybridized carbons (Fsp3) is 0.179. The molecule has 1 aliphatic rings. The molecule has 1 atom stereocenters. The van der Waals surface area contributed by atoms with Crippen LogP contribution in [0.5, 0.6) is 11.5 Å². The van der Waals surface area contributed by atoms with E-state index in [4.69, 9.17) is 14.2 Å². The third kappa shape index (κ3) is 4.65. The number of nitrogens with zero attached hydrogens (tertiary/aromatic N) is 1. The topological polar surface area (TPSA) is 102 Å². The Morgan fingerprint density at radius 3 is 1.86 bits per heavy atom. The molecule has 4 rings (SSSR count). The molecule has 0 spiro atoms. The molecule has 3 aromatic carbocycles. The van der Waals surface area contributed by atoms with Crippen LogP contribution in [-0.4, -0.2) is 49.0 Å². The number of aliphatic hydroxyl groups excluding tert-OH is 1. The second kappa shape index (κ2) is 10.4. The molecule has 1 heterocycles. The van der Waals surface area contributed by atoms with Crippen LogP contribution in [0.2, 0.25) is 0 Å². The van der Waals surface area contributed by atoms with Crippen molar-refractivity contribution in [2.75, 3.05) is 21.3 Å². The standard InChI is InChI=1S/C28H25NO7/c1-34-21-12-8-18(9-13-21)24-23(25(30)19-10-14-22(35-2)15-11-19)26(31)27(32)29(24)16-17-4-6-20(7-5-17)28(33)36-3/h4-15,24,30H,16H2,1-3H3/b25-23+. The lowest BCUT2D eigenvalue weighted by molar-refractivity contribution is -0.140. The molecule has 0 radical (unpaired) electrons. The predicted octanol–water partition coefficient (Wildman–Crippen LogP) is 4.11. The number of Topliss-reactive ketones (excluding diaryl/α,β-unsaturated/α-hetero) is 1. The molecule has 0 saturated carbocycles. The maximum Gasteiger partial charge on any atom is 0.337 e. The summed E-state index contributed by atoms with van der Waals surface area (Å²) in [4.78, 5) is 39.6. The van der Waals surface area contributed by atoms with Gasteiger partial charge in [0.1, 0.15) is 17.3 Å². The van der Waals surface area contributed by atoms with Crippen molar-refractivity contribution in [3.05, 3.63) is 101 Å². The van der Waals surface area contributed by atoms with Crippen molar-refractivity contribution in [3.63, 3.8) is 0 Å². The highest BCUT2D eigenvalue weighted by atomic mass is 16.5. The summed E-state index contributed by atoms with van der Waals surface area (Å²) >= 11 is 0. The first-order valence-electron chi connectivity index (χ1n) is 11.1. The monoisotopic (exact) mass is 487 g/mol. The first-order valence-corrected chi connectivity index (χ1v) is 11.1. The van der Waals surface area contributed by atoms with Crippen molar-refractivity contribution in [2.24, 2.45) is 0 Å². The number of amides is 1. The number of hydrogen-bond donors (Lipinski definition) is 1. The van der Waals surface area contributed by atoms with E-state index in [1.165, 1.54) is 19.1 Å². The van der Waals surface area contributed by atoms with Crippen LogP contribution in [0.4, 0.5) is 0 Å². The number of carbonyl (C=O) groups excluding carboxylic acids is 3. The number of ketones is 1. The third-order valence-electron chi connectivity index (χ3n) is 6.06. The van der Waals surface area contributed by atoms with Gasteiger partial charge in [0.15, 0.2) is 0 Å². The van der Waals surface area contributed by atoms with Crippen molar-refractivity contribution in [2.45, 2.75) is 12.6 Å². The summed E-state index contributed by atoms with van der Waals surface area (Å²) in [6.45, 7) is 0.0854. The Bertz CT molecular complexity index is 1310. The average Bonchev–Trinajstić information content (AvgIpc) is 3.17. The molecule has 8 nitrogen and oxygen atoms in total. The SMILES string of the molecule is COC(=O)c1ccc(CN2C(=O)C(=O)/C(=C(/O)c3ccc(OC)cc3)C2c2ccc(OC)cc2)cc1. The summed E-state index contributed by atoms with van der Waals surface area (Å²) in [6.07, 6.45) is 0. The van der Waals surface area contributed by atoms with E-state index in [1.54, 1.807) is 79.9 Å². The van der Waals surface area contributed by atoms with Gasteiger partial charge in [-0.1, -0.05) is 24.3 Å². The number of aliphatic hydroxyl groups is 1. The molecule has 0 bridgehead atoms. The highest BCUT2D eigenvalue weighted by molar-refractivity contribution is 6.46. The van der Waals surface area contributed by atoms with Gasteiger partial charge in [-0.05, 0) is 59.7 Å². The van der Waals surface area contributed by atoms with Gasteiger partial charge in [0.05, 0.1) is 38.5 Å². The summed E-state index contributed by atoms with van der Waals surface area (Å²) in [6, 6.07) is 19.3. The van der Waals surface area contributed by atoms with Crippen LogP contribution in [0.25, 0.3) is 5.76 Å². The molecule has 184 valence electrons. The zero-order chi connectivity index (χ0) is 25.8. The number of ether oxygens (including phenoxy) is 3. The summed E-state index contributed by atoms with van der Waals surface area (Å²) in [7, 11) is 4.37. The van der Waals surface area contributed by atoms with Crippen LogP contribution >= 0.6 is 0 Å². The number of rotatable bonds is 7. The lowest BCUT2D eigenvalue weighted by Gasteiger charge is -2.25. The van der Waals surface area contributed by atoms with E-state index in [1.807, 2.05) is 0 Å². The molecule has 1 unspecified atom stereocenters. The summed E-state index contributed by atoms with van der Waals surface area (Å²) in [5.74, 6) is -1.06. The fourth-order valence-electron chi connectivity index (χ4n) is 4.14. The highest BCUT2D eigenvalue weighted by Crippen LogP contribution is 2.40. The van der Waals surface area contributed by atoms with Crippen LogP contribution < -0.4 is 9.47 Å². The van der Waals surface area contributed by atoms with E-state index in [-0.39, 0.29) is 17.9 Å². The molecular weight excluding hydrogens is 462 g/mol. The molecule has 1 N–H and O–H groups in total. The smallest absolute Gasteiger partial charge is 0.337 e. The Hall–Kier alpha value is -4.59. The molecule has 1 aliphatic heterocycles. The minimum Gasteiger partial charge on any atom is -0.507 e. The van der Waals surface area contributed by atoms with E-state index < -0.39 is 23.7 Å². The number of esters is 1. The van der Waals surface area contributed by atoms with Gasteiger partial charge in [-0.2, -0.15) is 0 Å². The second-order valence-corrected chi connectivity index (χ2v) is 8.12. The minimum absolute atomic E-state index is 0.0125. The van der Waals surface area contributed by atoms with Crippen molar-refractivity contribution < 1.29 is 33.7 Å². The number of carbonyl (C=O) groups is 3. The Morgan fingerprint density at radius 1 is 0.806 bits per heavy atom. The van der Waals surface area contributed by atoms with Crippen LogP contribution in [0, 0.1) is 0 Å². The molecule has 1 saturated heterocycles. The van der Waals surface area contributed by atoms with Gasteiger partial charge >= 0.3 is 5.97 Å². The average molecular weight is 488 g/mol. The van der Waals surface area contributed by atoms with Gasteiger partial charge in [-0.15, -0.1) is 0 Å². The van der Waals surface area contributed by atoms with E-state index in [0.717, 1.165) is 0 Å². The van der Waals surface area contributed by atoms with Crippen LogP contribution in [0.1, 0.15) is 33.1 Å². The summed E-state index contributed by atoms with van der Waals surface area (Å²) in [5.41, 5.74) is 2.08. The molecule has 0 aliphatic carbocycles. The van der Waals surface area contributed by atoms with Crippen molar-refractivity contribution in [1.82, 2.24) is 4.90 Å². The van der Waals surface area contributed by atoms with E-state index in [9.17, 15) is 19.5 Å². The third-order valence-corrected chi connectivity index (χ3v) is 6.06. The number of methoxy groups -OCH3 is 3. The van der Waals surface area contributed by atoms with Gasteiger partial charge in [0.25, 0.3) is 11.7 Å². The first-order chi connectivity index (χ1) is 17.4. The number of hydrogen-bond acceptors (Lipinski definition) is 7. The number of benzene rings is 3.